The lowest BCUT2D eigenvalue weighted by Gasteiger charge is -2.30. The molecule has 2 rings (SSSR count). The fourth-order valence-corrected chi connectivity index (χ4v) is 3.12. The van der Waals surface area contributed by atoms with Gasteiger partial charge in [-0.25, -0.2) is 0 Å². The van der Waals surface area contributed by atoms with Crippen LogP contribution in [0.1, 0.15) is 50.5 Å². The van der Waals surface area contributed by atoms with E-state index in [1.54, 1.807) is 0 Å². The molecule has 0 unspecified atom stereocenters. The summed E-state index contributed by atoms with van der Waals surface area (Å²) in [5.41, 5.74) is 0.0845. The number of carbonyl (C=O) groups is 2. The van der Waals surface area contributed by atoms with E-state index in [2.05, 4.69) is 0 Å². The first-order valence-electron chi connectivity index (χ1n) is 8.02. The topological polar surface area (TPSA) is 43.4 Å². The summed E-state index contributed by atoms with van der Waals surface area (Å²) in [4.78, 5) is 24.9. The van der Waals surface area contributed by atoms with Crippen molar-refractivity contribution in [3.8, 4) is 0 Å². The minimum absolute atomic E-state index is 0.0387. The van der Waals surface area contributed by atoms with Crippen LogP contribution < -0.4 is 0 Å². The Morgan fingerprint density at radius 2 is 1.91 bits per heavy atom. The van der Waals surface area contributed by atoms with Crippen LogP contribution >= 0.6 is 0 Å². The van der Waals surface area contributed by atoms with Crippen molar-refractivity contribution in [1.82, 2.24) is 0 Å². The Kier molecular flexibility index (Phi) is 5.93. The molecule has 3 heteroatoms. The Balaban J connectivity index is 2.19. The van der Waals surface area contributed by atoms with Gasteiger partial charge in [-0.15, -0.1) is 0 Å². The average Bonchev–Trinajstić information content (AvgIpc) is 2.54. The first kappa shape index (κ1) is 16.5. The van der Waals surface area contributed by atoms with Crippen LogP contribution in [0, 0.1) is 5.41 Å². The summed E-state index contributed by atoms with van der Waals surface area (Å²) in [5, 5.41) is 0. The van der Waals surface area contributed by atoms with E-state index in [1.807, 2.05) is 42.5 Å². The van der Waals surface area contributed by atoms with Crippen molar-refractivity contribution in [2.24, 2.45) is 5.41 Å². The predicted molar refractivity (Wildman–Crippen MR) is 87.3 cm³/mol. The first-order chi connectivity index (χ1) is 10.7. The van der Waals surface area contributed by atoms with E-state index in [0.717, 1.165) is 31.2 Å². The molecule has 1 saturated carbocycles. The van der Waals surface area contributed by atoms with Gasteiger partial charge in [0, 0.05) is 6.42 Å². The maximum Gasteiger partial charge on any atom is 0.319 e. The number of rotatable bonds is 4. The van der Waals surface area contributed by atoms with Crippen molar-refractivity contribution in [3.63, 3.8) is 0 Å². The lowest BCUT2D eigenvalue weighted by atomic mass is 9.72. The maximum atomic E-state index is 12.6. The van der Waals surface area contributed by atoms with Gasteiger partial charge in [0.2, 0.25) is 0 Å². The number of ketones is 1. The number of benzene rings is 1. The molecule has 0 saturated heterocycles. The number of methoxy groups -OCH3 is 1. The van der Waals surface area contributed by atoms with E-state index in [0.29, 0.717) is 19.3 Å². The van der Waals surface area contributed by atoms with Gasteiger partial charge in [0.1, 0.15) is 11.2 Å². The van der Waals surface area contributed by atoms with Crippen LogP contribution in [0.25, 0.3) is 6.08 Å². The molecule has 0 spiro atoms. The summed E-state index contributed by atoms with van der Waals surface area (Å²) in [6.45, 7) is 0. The number of allylic oxidation sites excluding steroid dienone is 1. The molecule has 22 heavy (non-hydrogen) atoms. The van der Waals surface area contributed by atoms with Crippen molar-refractivity contribution in [1.29, 1.82) is 0 Å². The predicted octanol–water partition coefficient (Wildman–Crippen LogP) is 4.17. The van der Waals surface area contributed by atoms with Crippen LogP contribution in [0.2, 0.25) is 0 Å². The number of Topliss-reactive ketones (excluding diaryl/α,β-unsaturated/α-hetero) is 1. The quantitative estimate of drug-likeness (QED) is 0.619. The lowest BCUT2D eigenvalue weighted by Crippen LogP contribution is -2.40. The average molecular weight is 300 g/mol. The van der Waals surface area contributed by atoms with Gasteiger partial charge >= 0.3 is 5.97 Å². The SMILES string of the molecule is COC(=O)[C@]1(C/C=C/c2ccccc2)CCCCCCC1=O. The van der Waals surface area contributed by atoms with Gasteiger partial charge in [-0.2, -0.15) is 0 Å². The lowest BCUT2D eigenvalue weighted by molar-refractivity contribution is -0.159. The Labute approximate surface area is 132 Å². The summed E-state index contributed by atoms with van der Waals surface area (Å²) in [6.07, 6.45) is 9.33. The molecule has 0 amide bonds. The van der Waals surface area contributed by atoms with Gasteiger partial charge in [0.15, 0.2) is 0 Å². The summed E-state index contributed by atoms with van der Waals surface area (Å²) < 4.78 is 4.97. The molecule has 0 bridgehead atoms. The molecule has 0 heterocycles. The Morgan fingerprint density at radius 1 is 1.18 bits per heavy atom. The Hall–Kier alpha value is -1.90. The van der Waals surface area contributed by atoms with Crippen LogP contribution in [0.3, 0.4) is 0 Å². The highest BCUT2D eigenvalue weighted by molar-refractivity contribution is 6.04. The van der Waals surface area contributed by atoms with Gasteiger partial charge in [0.25, 0.3) is 0 Å². The van der Waals surface area contributed by atoms with Crippen LogP contribution in [0.5, 0.6) is 0 Å². The molecule has 3 nitrogen and oxygen atoms in total. The highest BCUT2D eigenvalue weighted by atomic mass is 16.5. The third-order valence-corrected chi connectivity index (χ3v) is 4.44. The first-order valence-corrected chi connectivity index (χ1v) is 8.02. The molecule has 118 valence electrons. The van der Waals surface area contributed by atoms with Crippen LogP contribution in [-0.2, 0) is 14.3 Å². The number of carbonyl (C=O) groups excluding carboxylic acids is 2. The van der Waals surface area contributed by atoms with E-state index >= 15 is 0 Å². The molecular weight excluding hydrogens is 276 g/mol. The van der Waals surface area contributed by atoms with Gasteiger partial charge in [-0.05, 0) is 24.8 Å². The van der Waals surface area contributed by atoms with Gasteiger partial charge < -0.3 is 4.74 Å². The van der Waals surface area contributed by atoms with Crippen molar-refractivity contribution in [2.45, 2.75) is 44.9 Å². The zero-order valence-corrected chi connectivity index (χ0v) is 13.2. The number of hydrogen-bond donors (Lipinski definition) is 0. The standard InChI is InChI=1S/C19H24O3/c1-22-18(21)19(14-8-3-2-7-13-17(19)20)15-9-12-16-10-5-4-6-11-16/h4-6,9-12H,2-3,7-8,13-15H2,1H3/b12-9+/t19-/m0/s1. The zero-order valence-electron chi connectivity index (χ0n) is 13.2. The van der Waals surface area contributed by atoms with Gasteiger partial charge in [-0.3, -0.25) is 9.59 Å². The van der Waals surface area contributed by atoms with E-state index in [1.165, 1.54) is 7.11 Å². The summed E-state index contributed by atoms with van der Waals surface area (Å²) in [7, 11) is 1.37. The highest BCUT2D eigenvalue weighted by Gasteiger charge is 2.45. The smallest absolute Gasteiger partial charge is 0.319 e. The number of ether oxygens (including phenoxy) is 1. The van der Waals surface area contributed by atoms with E-state index in [-0.39, 0.29) is 11.8 Å². The summed E-state index contributed by atoms with van der Waals surface area (Å²) >= 11 is 0. The largest absolute Gasteiger partial charge is 0.468 e. The second-order valence-electron chi connectivity index (χ2n) is 5.93. The van der Waals surface area contributed by atoms with Gasteiger partial charge in [-0.1, -0.05) is 61.7 Å². The molecule has 1 aliphatic rings. The molecule has 0 aliphatic heterocycles. The second kappa shape index (κ2) is 7.92. The normalized spacial score (nSPS) is 23.0. The third-order valence-electron chi connectivity index (χ3n) is 4.44. The molecule has 1 fully saturated rings. The van der Waals surface area contributed by atoms with Crippen LogP contribution in [0.4, 0.5) is 0 Å². The minimum Gasteiger partial charge on any atom is -0.468 e. The Bertz CT molecular complexity index is 533. The summed E-state index contributed by atoms with van der Waals surface area (Å²) in [5.74, 6) is -0.339. The number of hydrogen-bond acceptors (Lipinski definition) is 3. The molecule has 1 aromatic carbocycles. The van der Waals surface area contributed by atoms with Crippen molar-refractivity contribution in [3.05, 3.63) is 42.0 Å². The van der Waals surface area contributed by atoms with E-state index in [4.69, 9.17) is 4.74 Å². The number of esters is 1. The van der Waals surface area contributed by atoms with E-state index in [9.17, 15) is 9.59 Å². The molecule has 1 aliphatic carbocycles. The van der Waals surface area contributed by atoms with Crippen molar-refractivity contribution in [2.75, 3.05) is 7.11 Å². The summed E-state index contributed by atoms with van der Waals surface area (Å²) in [6, 6.07) is 9.90. The monoisotopic (exact) mass is 300 g/mol. The molecule has 0 aromatic heterocycles. The molecule has 0 radical (unpaired) electrons. The molecular formula is C19H24O3. The molecule has 0 N–H and O–H groups in total. The van der Waals surface area contributed by atoms with Crippen molar-refractivity contribution < 1.29 is 14.3 Å². The second-order valence-corrected chi connectivity index (χ2v) is 5.93. The van der Waals surface area contributed by atoms with Crippen molar-refractivity contribution >= 4 is 17.8 Å². The Morgan fingerprint density at radius 3 is 2.64 bits per heavy atom. The minimum atomic E-state index is -0.986. The zero-order chi connectivity index (χ0) is 15.8. The molecule has 1 aromatic rings. The fraction of sp³-hybridized carbons (Fsp3) is 0.474. The van der Waals surface area contributed by atoms with E-state index < -0.39 is 5.41 Å². The van der Waals surface area contributed by atoms with Crippen LogP contribution in [-0.4, -0.2) is 18.9 Å². The maximum absolute atomic E-state index is 12.6. The van der Waals surface area contributed by atoms with Crippen LogP contribution in [0.15, 0.2) is 36.4 Å². The van der Waals surface area contributed by atoms with Gasteiger partial charge in [0.05, 0.1) is 7.11 Å². The molecule has 1 atom stereocenters. The fourth-order valence-electron chi connectivity index (χ4n) is 3.12. The third kappa shape index (κ3) is 3.85. The highest BCUT2D eigenvalue weighted by Crippen LogP contribution is 2.36.